The summed E-state index contributed by atoms with van der Waals surface area (Å²) in [7, 11) is 2.05. The summed E-state index contributed by atoms with van der Waals surface area (Å²) in [5.74, 6) is 0.288. The number of amides is 1. The van der Waals surface area contributed by atoms with E-state index in [1.54, 1.807) is 0 Å². The van der Waals surface area contributed by atoms with Gasteiger partial charge in [0.15, 0.2) is 0 Å². The third-order valence-corrected chi connectivity index (χ3v) is 5.16. The summed E-state index contributed by atoms with van der Waals surface area (Å²) in [6, 6.07) is 8.33. The number of nitrogens with two attached hydrogens (primary N) is 1. The van der Waals surface area contributed by atoms with Crippen molar-refractivity contribution in [1.29, 1.82) is 0 Å². The lowest BCUT2D eigenvalue weighted by molar-refractivity contribution is 0.0999. The fourth-order valence-electron chi connectivity index (χ4n) is 4.10. The van der Waals surface area contributed by atoms with Crippen molar-refractivity contribution in [3.05, 3.63) is 35.4 Å². The van der Waals surface area contributed by atoms with E-state index >= 15 is 0 Å². The van der Waals surface area contributed by atoms with Crippen molar-refractivity contribution in [3.8, 4) is 0 Å². The van der Waals surface area contributed by atoms with Gasteiger partial charge in [-0.25, -0.2) is 0 Å². The first kappa shape index (κ1) is 12.8. The first-order valence-corrected chi connectivity index (χ1v) is 7.60. The van der Waals surface area contributed by atoms with E-state index in [1.807, 2.05) is 24.3 Å². The monoisotopic (exact) mass is 284 g/mol. The number of rotatable bonds is 2. The smallest absolute Gasteiger partial charge is 0.248 e. The Labute approximate surface area is 124 Å². The van der Waals surface area contributed by atoms with E-state index < -0.39 is 0 Å². The van der Waals surface area contributed by atoms with Crippen LogP contribution in [0.2, 0.25) is 0 Å². The van der Waals surface area contributed by atoms with Crippen molar-refractivity contribution >= 4 is 11.6 Å². The number of hydrogen-bond acceptors (Lipinski definition) is 4. The van der Waals surface area contributed by atoms with Crippen LogP contribution in [0.3, 0.4) is 0 Å². The van der Waals surface area contributed by atoms with Crippen molar-refractivity contribution in [3.63, 3.8) is 0 Å². The van der Waals surface area contributed by atoms with Gasteiger partial charge < -0.3 is 5.73 Å². The Morgan fingerprint density at radius 1 is 1.19 bits per heavy atom. The van der Waals surface area contributed by atoms with Crippen LogP contribution in [-0.4, -0.2) is 47.7 Å². The number of piperidine rings is 3. The minimum Gasteiger partial charge on any atom is -0.366 e. The molecule has 110 valence electrons. The molecule has 4 aliphatic rings. The maximum absolute atomic E-state index is 11.2. The maximum atomic E-state index is 11.2. The molecule has 1 amide bonds. The fourth-order valence-corrected chi connectivity index (χ4v) is 4.10. The van der Waals surface area contributed by atoms with Gasteiger partial charge in [0.2, 0.25) is 5.91 Å². The van der Waals surface area contributed by atoms with Gasteiger partial charge in [-0.05, 0) is 43.6 Å². The number of likely N-dealkylation sites (N-methyl/N-ethyl adjacent to an activating group) is 1. The molecule has 0 aromatic heterocycles. The van der Waals surface area contributed by atoms with Gasteiger partial charge in [-0.2, -0.15) is 5.10 Å². The summed E-state index contributed by atoms with van der Waals surface area (Å²) in [6.07, 6.45) is 2.49. The van der Waals surface area contributed by atoms with Crippen molar-refractivity contribution in [1.82, 2.24) is 9.91 Å². The second kappa shape index (κ2) is 4.56. The Bertz CT molecular complexity index is 601. The molecule has 4 heterocycles. The standard InChI is InChI=1S/C16H20N4O/c1-19-14(11-2-4-12(5-3-11)16(17)21)15-13(18-19)10-6-8-20(15)9-7-10/h2-5,10,14-15H,6-9H2,1H3,(H2,17,21). The number of carbonyl (C=O) groups excluding carboxylic acids is 1. The van der Waals surface area contributed by atoms with Crippen molar-refractivity contribution in [2.45, 2.75) is 24.9 Å². The van der Waals surface area contributed by atoms with Gasteiger partial charge in [-0.1, -0.05) is 12.1 Å². The molecule has 2 bridgehead atoms. The molecule has 2 atom stereocenters. The molecule has 0 aliphatic carbocycles. The summed E-state index contributed by atoms with van der Waals surface area (Å²) in [5, 5.41) is 6.92. The summed E-state index contributed by atoms with van der Waals surface area (Å²) in [5.41, 5.74) is 8.45. The van der Waals surface area contributed by atoms with E-state index in [-0.39, 0.29) is 11.9 Å². The van der Waals surface area contributed by atoms with Crippen LogP contribution in [-0.2, 0) is 0 Å². The van der Waals surface area contributed by atoms with Crippen molar-refractivity contribution in [2.24, 2.45) is 16.8 Å². The van der Waals surface area contributed by atoms with Crippen LogP contribution in [0.5, 0.6) is 0 Å². The van der Waals surface area contributed by atoms with E-state index in [2.05, 4.69) is 17.0 Å². The van der Waals surface area contributed by atoms with Gasteiger partial charge in [-0.3, -0.25) is 14.7 Å². The molecule has 2 unspecified atom stereocenters. The molecule has 1 aromatic rings. The van der Waals surface area contributed by atoms with E-state index in [9.17, 15) is 4.79 Å². The molecule has 5 rings (SSSR count). The molecular weight excluding hydrogens is 264 g/mol. The van der Waals surface area contributed by atoms with Crippen LogP contribution in [0.15, 0.2) is 29.4 Å². The molecule has 5 nitrogen and oxygen atoms in total. The summed E-state index contributed by atoms with van der Waals surface area (Å²) in [4.78, 5) is 13.8. The number of fused-ring (bicyclic) bond motifs is 2. The number of hydrazone groups is 1. The molecule has 0 saturated carbocycles. The Hall–Kier alpha value is -1.88. The SMILES string of the molecule is CN1N=C2C3CCN(CC3)C2C1c1ccc(C(N)=O)cc1. The van der Waals surface area contributed by atoms with Crippen LogP contribution in [0.25, 0.3) is 0 Å². The van der Waals surface area contributed by atoms with E-state index in [0.717, 1.165) is 0 Å². The quantitative estimate of drug-likeness (QED) is 0.888. The highest BCUT2D eigenvalue weighted by Gasteiger charge is 2.48. The van der Waals surface area contributed by atoms with Gasteiger partial charge >= 0.3 is 0 Å². The zero-order valence-corrected chi connectivity index (χ0v) is 12.2. The molecule has 4 aliphatic heterocycles. The molecule has 3 fully saturated rings. The van der Waals surface area contributed by atoms with Crippen molar-refractivity contribution in [2.75, 3.05) is 20.1 Å². The number of benzene rings is 1. The minimum absolute atomic E-state index is 0.255. The van der Waals surface area contributed by atoms with E-state index in [1.165, 1.54) is 37.2 Å². The highest BCUT2D eigenvalue weighted by molar-refractivity contribution is 5.95. The summed E-state index contributed by atoms with van der Waals surface area (Å²) < 4.78 is 0. The molecule has 2 N–H and O–H groups in total. The topological polar surface area (TPSA) is 61.9 Å². The van der Waals surface area contributed by atoms with Gasteiger partial charge in [0.25, 0.3) is 0 Å². The van der Waals surface area contributed by atoms with Gasteiger partial charge in [0.1, 0.15) is 0 Å². The molecule has 3 saturated heterocycles. The van der Waals surface area contributed by atoms with Crippen LogP contribution in [0.1, 0.15) is 34.8 Å². The lowest BCUT2D eigenvalue weighted by Crippen LogP contribution is -2.56. The van der Waals surface area contributed by atoms with Gasteiger partial charge in [-0.15, -0.1) is 0 Å². The first-order valence-electron chi connectivity index (χ1n) is 7.60. The highest BCUT2D eigenvalue weighted by atomic mass is 16.1. The number of hydrogen-bond donors (Lipinski definition) is 1. The molecule has 1 aromatic carbocycles. The fraction of sp³-hybridized carbons (Fsp3) is 0.500. The van der Waals surface area contributed by atoms with Crippen LogP contribution in [0.4, 0.5) is 0 Å². The van der Waals surface area contributed by atoms with Crippen LogP contribution in [0, 0.1) is 5.92 Å². The third kappa shape index (κ3) is 1.87. The van der Waals surface area contributed by atoms with Crippen molar-refractivity contribution < 1.29 is 4.79 Å². The maximum Gasteiger partial charge on any atom is 0.248 e. The third-order valence-electron chi connectivity index (χ3n) is 5.16. The molecule has 5 heteroatoms. The normalized spacial score (nSPS) is 33.8. The predicted molar refractivity (Wildman–Crippen MR) is 81.0 cm³/mol. The lowest BCUT2D eigenvalue weighted by Gasteiger charge is -2.46. The average Bonchev–Trinajstić information content (AvgIpc) is 2.87. The zero-order chi connectivity index (χ0) is 14.6. The number of nitrogens with zero attached hydrogens (tertiary/aromatic N) is 3. The van der Waals surface area contributed by atoms with E-state index in [4.69, 9.17) is 10.8 Å². The number of primary amides is 1. The average molecular weight is 284 g/mol. The number of carbonyl (C=O) groups is 1. The van der Waals surface area contributed by atoms with Gasteiger partial charge in [0, 0.05) is 18.5 Å². The Morgan fingerprint density at radius 2 is 1.86 bits per heavy atom. The molecule has 0 spiro atoms. The second-order valence-corrected chi connectivity index (χ2v) is 6.28. The molecule has 0 radical (unpaired) electrons. The lowest BCUT2D eigenvalue weighted by atomic mass is 9.78. The Balaban J connectivity index is 1.67. The summed E-state index contributed by atoms with van der Waals surface area (Å²) >= 11 is 0. The highest BCUT2D eigenvalue weighted by Crippen LogP contribution is 2.42. The zero-order valence-electron chi connectivity index (χ0n) is 12.2. The first-order chi connectivity index (χ1) is 10.1. The Kier molecular flexibility index (Phi) is 2.79. The Morgan fingerprint density at radius 3 is 2.48 bits per heavy atom. The largest absolute Gasteiger partial charge is 0.366 e. The van der Waals surface area contributed by atoms with Crippen LogP contribution < -0.4 is 5.73 Å². The minimum atomic E-state index is -0.376. The van der Waals surface area contributed by atoms with E-state index in [0.29, 0.717) is 17.5 Å². The summed E-state index contributed by atoms with van der Waals surface area (Å²) in [6.45, 7) is 2.36. The molecule has 21 heavy (non-hydrogen) atoms. The molecular formula is C16H20N4O. The van der Waals surface area contributed by atoms with Crippen LogP contribution >= 0.6 is 0 Å². The predicted octanol–water partition coefficient (Wildman–Crippen LogP) is 1.22. The van der Waals surface area contributed by atoms with Gasteiger partial charge in [0.05, 0.1) is 17.8 Å². The second-order valence-electron chi connectivity index (χ2n) is 6.28.